The first-order chi connectivity index (χ1) is 8.94. The summed E-state index contributed by atoms with van der Waals surface area (Å²) in [6.07, 6.45) is 4.26. The van der Waals surface area contributed by atoms with Crippen molar-refractivity contribution in [1.29, 1.82) is 0 Å². The van der Waals surface area contributed by atoms with Gasteiger partial charge in [0.05, 0.1) is 6.26 Å². The van der Waals surface area contributed by atoms with Gasteiger partial charge < -0.3 is 5.32 Å². The SMILES string of the molecule is Cc1cccc(NC[C@H]2CCC[C@@H]2NS(C)(=O)=O)n1. The van der Waals surface area contributed by atoms with Crippen LogP contribution in [0, 0.1) is 12.8 Å². The van der Waals surface area contributed by atoms with Crippen molar-refractivity contribution in [2.24, 2.45) is 5.92 Å². The third-order valence-corrected chi connectivity index (χ3v) is 4.19. The van der Waals surface area contributed by atoms with E-state index in [-0.39, 0.29) is 6.04 Å². The lowest BCUT2D eigenvalue weighted by atomic mass is 10.1. The maximum Gasteiger partial charge on any atom is 0.208 e. The van der Waals surface area contributed by atoms with Crippen molar-refractivity contribution in [1.82, 2.24) is 9.71 Å². The second kappa shape index (κ2) is 5.88. The summed E-state index contributed by atoms with van der Waals surface area (Å²) in [6, 6.07) is 5.90. The van der Waals surface area contributed by atoms with E-state index in [2.05, 4.69) is 15.0 Å². The number of aryl methyl sites for hydroxylation is 1. The van der Waals surface area contributed by atoms with Crippen molar-refractivity contribution in [3.8, 4) is 0 Å². The first-order valence-electron chi connectivity index (χ1n) is 6.59. The first-order valence-corrected chi connectivity index (χ1v) is 8.48. The quantitative estimate of drug-likeness (QED) is 0.859. The Balaban J connectivity index is 1.91. The molecule has 2 N–H and O–H groups in total. The fourth-order valence-corrected chi connectivity index (χ4v) is 3.45. The average Bonchev–Trinajstić information content (AvgIpc) is 2.71. The lowest BCUT2D eigenvalue weighted by Gasteiger charge is -2.20. The highest BCUT2D eigenvalue weighted by atomic mass is 32.2. The van der Waals surface area contributed by atoms with Crippen molar-refractivity contribution in [2.45, 2.75) is 32.2 Å². The highest BCUT2D eigenvalue weighted by molar-refractivity contribution is 7.88. The van der Waals surface area contributed by atoms with Crippen LogP contribution in [-0.4, -0.2) is 32.2 Å². The molecule has 1 heterocycles. The van der Waals surface area contributed by atoms with Gasteiger partial charge in [-0.15, -0.1) is 0 Å². The number of nitrogens with one attached hydrogen (secondary N) is 2. The third kappa shape index (κ3) is 4.47. The highest BCUT2D eigenvalue weighted by Crippen LogP contribution is 2.26. The molecule has 5 nitrogen and oxygen atoms in total. The van der Waals surface area contributed by atoms with Crippen LogP contribution in [0.1, 0.15) is 25.0 Å². The van der Waals surface area contributed by atoms with Crippen molar-refractivity contribution in [3.63, 3.8) is 0 Å². The van der Waals surface area contributed by atoms with Crippen LogP contribution in [0.5, 0.6) is 0 Å². The van der Waals surface area contributed by atoms with Crippen LogP contribution in [0.4, 0.5) is 5.82 Å². The number of hydrogen-bond donors (Lipinski definition) is 2. The van der Waals surface area contributed by atoms with E-state index in [0.717, 1.165) is 37.3 Å². The van der Waals surface area contributed by atoms with Gasteiger partial charge >= 0.3 is 0 Å². The molecule has 0 aromatic carbocycles. The molecule has 1 aliphatic carbocycles. The molecule has 0 bridgehead atoms. The van der Waals surface area contributed by atoms with Gasteiger partial charge in [0.2, 0.25) is 10.0 Å². The number of hydrogen-bond acceptors (Lipinski definition) is 4. The van der Waals surface area contributed by atoms with E-state index in [1.807, 2.05) is 25.1 Å². The van der Waals surface area contributed by atoms with Gasteiger partial charge in [0.15, 0.2) is 0 Å². The number of rotatable bonds is 5. The zero-order valence-corrected chi connectivity index (χ0v) is 12.2. The summed E-state index contributed by atoms with van der Waals surface area (Å²) in [4.78, 5) is 4.38. The van der Waals surface area contributed by atoms with E-state index < -0.39 is 10.0 Å². The van der Waals surface area contributed by atoms with Crippen LogP contribution in [0.25, 0.3) is 0 Å². The van der Waals surface area contributed by atoms with E-state index in [4.69, 9.17) is 0 Å². The van der Waals surface area contributed by atoms with E-state index in [0.29, 0.717) is 5.92 Å². The maximum absolute atomic E-state index is 11.3. The summed E-state index contributed by atoms with van der Waals surface area (Å²) in [7, 11) is -3.12. The minimum absolute atomic E-state index is 0.0484. The van der Waals surface area contributed by atoms with E-state index in [1.54, 1.807) is 0 Å². The number of aromatic nitrogens is 1. The zero-order valence-electron chi connectivity index (χ0n) is 11.4. The van der Waals surface area contributed by atoms with Crippen LogP contribution < -0.4 is 10.0 Å². The predicted octanol–water partition coefficient (Wildman–Crippen LogP) is 1.52. The van der Waals surface area contributed by atoms with Crippen molar-refractivity contribution < 1.29 is 8.42 Å². The third-order valence-electron chi connectivity index (χ3n) is 3.46. The number of nitrogens with zero attached hydrogens (tertiary/aromatic N) is 1. The minimum Gasteiger partial charge on any atom is -0.370 e. The zero-order chi connectivity index (χ0) is 13.9. The predicted molar refractivity (Wildman–Crippen MR) is 76.6 cm³/mol. The molecule has 106 valence electrons. The van der Waals surface area contributed by atoms with Gasteiger partial charge in [-0.2, -0.15) is 0 Å². The standard InChI is InChI=1S/C13H21N3O2S/c1-10-5-3-8-13(15-10)14-9-11-6-4-7-12(11)16-19(2,17)18/h3,5,8,11-12,16H,4,6-7,9H2,1-2H3,(H,14,15)/t11-,12+/m1/s1. The van der Waals surface area contributed by atoms with E-state index in [9.17, 15) is 8.42 Å². The summed E-state index contributed by atoms with van der Waals surface area (Å²) < 4.78 is 25.3. The first kappa shape index (κ1) is 14.3. The Labute approximate surface area is 114 Å². The molecule has 1 saturated carbocycles. The Bertz CT molecular complexity index is 530. The van der Waals surface area contributed by atoms with Crippen molar-refractivity contribution >= 4 is 15.8 Å². The van der Waals surface area contributed by atoms with Gasteiger partial charge in [0.25, 0.3) is 0 Å². The summed E-state index contributed by atoms with van der Waals surface area (Å²) in [5.41, 5.74) is 0.974. The Kier molecular flexibility index (Phi) is 4.42. The Morgan fingerprint density at radius 2 is 2.16 bits per heavy atom. The van der Waals surface area contributed by atoms with E-state index in [1.165, 1.54) is 6.26 Å². The molecule has 1 aromatic heterocycles. The van der Waals surface area contributed by atoms with Gasteiger partial charge in [-0.25, -0.2) is 18.1 Å². The summed E-state index contributed by atoms with van der Waals surface area (Å²) in [5, 5.41) is 3.30. The van der Waals surface area contributed by atoms with E-state index >= 15 is 0 Å². The molecule has 0 saturated heterocycles. The summed E-state index contributed by atoms with van der Waals surface area (Å²) >= 11 is 0. The molecule has 19 heavy (non-hydrogen) atoms. The smallest absolute Gasteiger partial charge is 0.208 e. The molecule has 0 aliphatic heterocycles. The highest BCUT2D eigenvalue weighted by Gasteiger charge is 2.29. The van der Waals surface area contributed by atoms with Crippen LogP contribution in [-0.2, 0) is 10.0 Å². The molecule has 0 amide bonds. The summed E-state index contributed by atoms with van der Waals surface area (Å²) in [6.45, 7) is 2.71. The van der Waals surface area contributed by atoms with Crippen molar-refractivity contribution in [2.75, 3.05) is 18.1 Å². The molecule has 1 aromatic rings. The monoisotopic (exact) mass is 283 g/mol. The van der Waals surface area contributed by atoms with Crippen LogP contribution >= 0.6 is 0 Å². The molecule has 0 radical (unpaired) electrons. The van der Waals surface area contributed by atoms with Crippen LogP contribution in [0.15, 0.2) is 18.2 Å². The van der Waals surface area contributed by atoms with Crippen LogP contribution in [0.3, 0.4) is 0 Å². The van der Waals surface area contributed by atoms with Crippen molar-refractivity contribution in [3.05, 3.63) is 23.9 Å². The largest absolute Gasteiger partial charge is 0.370 e. The molecule has 0 spiro atoms. The Hall–Kier alpha value is -1.14. The number of pyridine rings is 1. The topological polar surface area (TPSA) is 71.1 Å². The second-order valence-electron chi connectivity index (χ2n) is 5.23. The Morgan fingerprint density at radius 1 is 1.37 bits per heavy atom. The Morgan fingerprint density at radius 3 is 2.84 bits per heavy atom. The molecular formula is C13H21N3O2S. The molecule has 6 heteroatoms. The van der Waals surface area contributed by atoms with Gasteiger partial charge in [-0.3, -0.25) is 0 Å². The number of anilines is 1. The maximum atomic E-state index is 11.3. The molecule has 2 rings (SSSR count). The normalized spacial score (nSPS) is 23.5. The molecular weight excluding hydrogens is 262 g/mol. The van der Waals surface area contributed by atoms with Gasteiger partial charge in [0.1, 0.15) is 5.82 Å². The second-order valence-corrected chi connectivity index (χ2v) is 7.01. The lowest BCUT2D eigenvalue weighted by molar-refractivity contribution is 0.463. The summed E-state index contributed by atoms with van der Waals surface area (Å²) in [5.74, 6) is 1.18. The fraction of sp³-hybridized carbons (Fsp3) is 0.615. The average molecular weight is 283 g/mol. The van der Waals surface area contributed by atoms with Crippen LogP contribution in [0.2, 0.25) is 0 Å². The number of sulfonamides is 1. The van der Waals surface area contributed by atoms with Gasteiger partial charge in [-0.05, 0) is 37.8 Å². The fourth-order valence-electron chi connectivity index (χ4n) is 2.59. The van der Waals surface area contributed by atoms with Gasteiger partial charge in [0, 0.05) is 18.3 Å². The van der Waals surface area contributed by atoms with Gasteiger partial charge in [-0.1, -0.05) is 12.5 Å². The molecule has 0 unspecified atom stereocenters. The molecule has 2 atom stereocenters. The molecule has 1 fully saturated rings. The lowest BCUT2D eigenvalue weighted by Crippen LogP contribution is -2.39. The minimum atomic E-state index is -3.12. The molecule has 1 aliphatic rings.